The van der Waals surface area contributed by atoms with Gasteiger partial charge in [0.05, 0.1) is 17.6 Å². The van der Waals surface area contributed by atoms with E-state index in [0.717, 1.165) is 35.5 Å². The van der Waals surface area contributed by atoms with Crippen LogP contribution in [0.25, 0.3) is 21.9 Å². The number of pyridine rings is 2. The number of anilines is 3. The number of carbonyl (C=O) groups is 2. The van der Waals surface area contributed by atoms with E-state index in [2.05, 4.69) is 27.4 Å². The van der Waals surface area contributed by atoms with Crippen molar-refractivity contribution in [3.63, 3.8) is 0 Å². The fraction of sp³-hybridized carbons (Fsp3) is 0.267. The molecular weight excluding hydrogens is 549 g/mol. The van der Waals surface area contributed by atoms with Crippen LogP contribution in [0, 0.1) is 12.7 Å². The molecule has 2 aromatic heterocycles. The highest BCUT2D eigenvalue weighted by Gasteiger charge is 2.36. The highest BCUT2D eigenvalue weighted by atomic mass is 35.5. The van der Waals surface area contributed by atoms with E-state index in [1.54, 1.807) is 19.1 Å². The SMILES string of the molecule is Cc1c(-c2cc3cc(Nc4ccc5c(c4)C4CCC(=O)N4CC5)ncc3c(Cl)c2F)cnc2c1N(C(=O)O)CCO2. The Bertz CT molecular complexity index is 1780. The van der Waals surface area contributed by atoms with E-state index >= 15 is 4.39 Å². The van der Waals surface area contributed by atoms with Gasteiger partial charge < -0.3 is 20.1 Å². The highest BCUT2D eigenvalue weighted by Crippen LogP contribution is 2.43. The third-order valence-electron chi connectivity index (χ3n) is 8.25. The number of rotatable bonds is 3. The largest absolute Gasteiger partial charge is 0.474 e. The Balaban J connectivity index is 1.26. The Kier molecular flexibility index (Phi) is 5.97. The number of aromatic nitrogens is 2. The predicted octanol–water partition coefficient (Wildman–Crippen LogP) is 6.24. The normalized spacial score (nSPS) is 17.6. The van der Waals surface area contributed by atoms with Gasteiger partial charge in [-0.1, -0.05) is 17.7 Å². The molecule has 3 aliphatic heterocycles. The van der Waals surface area contributed by atoms with Crippen LogP contribution in [-0.4, -0.2) is 51.7 Å². The molecule has 0 spiro atoms. The summed E-state index contributed by atoms with van der Waals surface area (Å²) >= 11 is 6.49. The minimum Gasteiger partial charge on any atom is -0.474 e. The van der Waals surface area contributed by atoms with Gasteiger partial charge in [-0.05, 0) is 66.1 Å². The first-order valence-electron chi connectivity index (χ1n) is 13.4. The van der Waals surface area contributed by atoms with Crippen molar-refractivity contribution in [2.45, 2.75) is 32.2 Å². The van der Waals surface area contributed by atoms with Crippen LogP contribution >= 0.6 is 11.6 Å². The standard InChI is InChI=1S/C30H25ClFN5O4/c1-15-21(13-34-29-28(15)37(30(39)40)8-9-41-29)20-10-17-11-24(33-14-22(17)26(31)27(20)32)35-18-3-2-16-6-7-36-23(19(16)12-18)4-5-25(36)38/h2-3,10-14,23H,4-9H2,1H3,(H,33,35)(H,39,40). The van der Waals surface area contributed by atoms with E-state index in [1.807, 2.05) is 11.0 Å². The van der Waals surface area contributed by atoms with E-state index < -0.39 is 11.9 Å². The molecule has 3 aliphatic rings. The average Bonchev–Trinajstić information content (AvgIpc) is 3.36. The molecule has 4 aromatic rings. The summed E-state index contributed by atoms with van der Waals surface area (Å²) < 4.78 is 21.2. The Hall–Kier alpha value is -4.44. The van der Waals surface area contributed by atoms with Crippen molar-refractivity contribution >= 4 is 51.6 Å². The van der Waals surface area contributed by atoms with Crippen molar-refractivity contribution in [3.8, 4) is 17.0 Å². The van der Waals surface area contributed by atoms with Crippen LogP contribution in [0.1, 0.15) is 35.6 Å². The Labute approximate surface area is 239 Å². The van der Waals surface area contributed by atoms with Crippen LogP contribution in [0.3, 0.4) is 0 Å². The van der Waals surface area contributed by atoms with Crippen molar-refractivity contribution in [1.29, 1.82) is 0 Å². The van der Waals surface area contributed by atoms with Gasteiger partial charge in [0.15, 0.2) is 0 Å². The molecular formula is C30H25ClFN5O4. The molecule has 5 heterocycles. The second-order valence-corrected chi connectivity index (χ2v) is 10.9. The number of carboxylic acid groups (broad SMARTS) is 1. The molecule has 0 saturated carbocycles. The second kappa shape index (κ2) is 9.59. The number of carbonyl (C=O) groups excluding carboxylic acids is 1. The van der Waals surface area contributed by atoms with E-state index in [9.17, 15) is 14.7 Å². The maximum atomic E-state index is 15.6. The number of ether oxygens (including phenoxy) is 1. The maximum Gasteiger partial charge on any atom is 0.412 e. The lowest BCUT2D eigenvalue weighted by Gasteiger charge is -2.32. The number of fused-ring (bicyclic) bond motifs is 5. The summed E-state index contributed by atoms with van der Waals surface area (Å²) in [6, 6.07) is 9.75. The van der Waals surface area contributed by atoms with Gasteiger partial charge >= 0.3 is 6.09 Å². The summed E-state index contributed by atoms with van der Waals surface area (Å²) in [6.45, 7) is 2.81. The number of benzene rings is 2. The highest BCUT2D eigenvalue weighted by molar-refractivity contribution is 6.36. The topological polar surface area (TPSA) is 108 Å². The zero-order valence-electron chi connectivity index (χ0n) is 22.1. The number of nitrogens with one attached hydrogen (secondary N) is 1. The van der Waals surface area contributed by atoms with Crippen molar-refractivity contribution in [2.24, 2.45) is 0 Å². The minimum atomic E-state index is -1.13. The molecule has 9 nitrogen and oxygen atoms in total. The molecule has 41 heavy (non-hydrogen) atoms. The summed E-state index contributed by atoms with van der Waals surface area (Å²) in [6.07, 6.45) is 4.11. The molecule has 1 atom stereocenters. The first-order chi connectivity index (χ1) is 19.8. The molecule has 1 saturated heterocycles. The summed E-state index contributed by atoms with van der Waals surface area (Å²) in [5.41, 5.74) is 4.69. The molecule has 7 rings (SSSR count). The smallest absolute Gasteiger partial charge is 0.412 e. The van der Waals surface area contributed by atoms with Gasteiger partial charge in [0.1, 0.15) is 23.9 Å². The van der Waals surface area contributed by atoms with Crippen molar-refractivity contribution in [3.05, 3.63) is 70.3 Å². The van der Waals surface area contributed by atoms with Crippen LogP contribution in [0.4, 0.5) is 26.4 Å². The van der Waals surface area contributed by atoms with Crippen LogP contribution in [-0.2, 0) is 11.2 Å². The van der Waals surface area contributed by atoms with Gasteiger partial charge in [-0.25, -0.2) is 19.2 Å². The number of halogens is 2. The zero-order chi connectivity index (χ0) is 28.4. The lowest BCUT2D eigenvalue weighted by molar-refractivity contribution is -0.129. The third-order valence-corrected chi connectivity index (χ3v) is 8.62. The molecule has 208 valence electrons. The Morgan fingerprint density at radius 1 is 1.15 bits per heavy atom. The second-order valence-electron chi connectivity index (χ2n) is 10.5. The van der Waals surface area contributed by atoms with Gasteiger partial charge in [-0.15, -0.1) is 0 Å². The zero-order valence-corrected chi connectivity index (χ0v) is 22.8. The quantitative estimate of drug-likeness (QED) is 0.299. The van der Waals surface area contributed by atoms with E-state index in [4.69, 9.17) is 16.3 Å². The summed E-state index contributed by atoms with van der Waals surface area (Å²) in [7, 11) is 0. The molecule has 0 radical (unpaired) electrons. The van der Waals surface area contributed by atoms with Gasteiger partial charge in [0, 0.05) is 47.6 Å². The molecule has 1 fully saturated rings. The molecule has 2 N–H and O–H groups in total. The predicted molar refractivity (Wildman–Crippen MR) is 153 cm³/mol. The molecule has 1 unspecified atom stereocenters. The molecule has 0 aliphatic carbocycles. The summed E-state index contributed by atoms with van der Waals surface area (Å²) in [5, 5.41) is 14.1. The number of amides is 2. The van der Waals surface area contributed by atoms with Crippen LogP contribution in [0.5, 0.6) is 5.88 Å². The van der Waals surface area contributed by atoms with Crippen LogP contribution in [0.2, 0.25) is 5.02 Å². The van der Waals surface area contributed by atoms with Gasteiger partial charge in [-0.2, -0.15) is 0 Å². The molecule has 0 bridgehead atoms. The first-order valence-corrected chi connectivity index (χ1v) is 13.8. The Morgan fingerprint density at radius 2 is 2.00 bits per heavy atom. The van der Waals surface area contributed by atoms with Gasteiger partial charge in [0.25, 0.3) is 0 Å². The van der Waals surface area contributed by atoms with Crippen molar-refractivity contribution in [2.75, 3.05) is 29.9 Å². The van der Waals surface area contributed by atoms with Crippen molar-refractivity contribution in [1.82, 2.24) is 14.9 Å². The molecule has 2 amide bonds. The average molecular weight is 574 g/mol. The molecule has 11 heteroatoms. The van der Waals surface area contributed by atoms with E-state index in [-0.39, 0.29) is 41.6 Å². The number of hydrogen-bond donors (Lipinski definition) is 2. The lowest BCUT2D eigenvalue weighted by atomic mass is 9.92. The van der Waals surface area contributed by atoms with E-state index in [1.165, 1.54) is 18.0 Å². The van der Waals surface area contributed by atoms with Gasteiger partial charge in [0.2, 0.25) is 11.8 Å². The molecule has 2 aromatic carbocycles. The van der Waals surface area contributed by atoms with Crippen molar-refractivity contribution < 1.29 is 23.8 Å². The third kappa shape index (κ3) is 4.12. The summed E-state index contributed by atoms with van der Waals surface area (Å²) in [5.74, 6) is 0.308. The van der Waals surface area contributed by atoms with Gasteiger partial charge in [-0.3, -0.25) is 9.69 Å². The monoisotopic (exact) mass is 573 g/mol. The van der Waals surface area contributed by atoms with Crippen LogP contribution < -0.4 is 15.0 Å². The lowest BCUT2D eigenvalue weighted by Crippen LogP contribution is -2.37. The fourth-order valence-corrected chi connectivity index (χ4v) is 6.49. The summed E-state index contributed by atoms with van der Waals surface area (Å²) in [4.78, 5) is 36.0. The number of hydrogen-bond acceptors (Lipinski definition) is 6. The fourth-order valence-electron chi connectivity index (χ4n) is 6.23. The van der Waals surface area contributed by atoms with Crippen LogP contribution in [0.15, 0.2) is 42.7 Å². The van der Waals surface area contributed by atoms with E-state index in [0.29, 0.717) is 39.8 Å². The minimum absolute atomic E-state index is 0.0835. The first kappa shape index (κ1) is 25.5. The Morgan fingerprint density at radius 3 is 2.83 bits per heavy atom. The number of nitrogens with zero attached hydrogens (tertiary/aromatic N) is 4. The maximum absolute atomic E-state index is 15.6.